The summed E-state index contributed by atoms with van der Waals surface area (Å²) in [5, 5.41) is 2.99. The molecule has 7 heteroatoms. The van der Waals surface area contributed by atoms with Crippen LogP contribution in [-0.4, -0.2) is 42.0 Å². The van der Waals surface area contributed by atoms with Crippen molar-refractivity contribution in [2.24, 2.45) is 0 Å². The maximum atomic E-state index is 12.9. The highest BCUT2D eigenvalue weighted by atomic mass is 19.4. The fourth-order valence-electron chi connectivity index (χ4n) is 1.90. The topological polar surface area (TPSA) is 41.6 Å². The summed E-state index contributed by atoms with van der Waals surface area (Å²) in [4.78, 5) is 11.5. The zero-order chi connectivity index (χ0) is 14.7. The van der Waals surface area contributed by atoms with Crippen LogP contribution in [0.4, 0.5) is 18.0 Å². The van der Waals surface area contributed by atoms with Gasteiger partial charge in [-0.05, 0) is 40.2 Å². The molecule has 0 unspecified atom stereocenters. The third kappa shape index (κ3) is 5.67. The van der Waals surface area contributed by atoms with Gasteiger partial charge in [0.15, 0.2) is 0 Å². The summed E-state index contributed by atoms with van der Waals surface area (Å²) in [5.41, 5.74) is -0.944. The minimum atomic E-state index is -4.72. The molecule has 0 bridgehead atoms. The smallest absolute Gasteiger partial charge is 0.444 e. The third-order valence-electron chi connectivity index (χ3n) is 2.74. The summed E-state index contributed by atoms with van der Waals surface area (Å²) in [6, 6.07) is -0.331. The van der Waals surface area contributed by atoms with Crippen molar-refractivity contribution in [2.45, 2.75) is 58.0 Å². The Bertz CT molecular complexity index is 307. The first kappa shape index (κ1) is 16.1. The Balaban J connectivity index is 2.69. The summed E-state index contributed by atoms with van der Waals surface area (Å²) >= 11 is 0. The van der Waals surface area contributed by atoms with Gasteiger partial charge in [-0.15, -0.1) is 13.2 Å². The van der Waals surface area contributed by atoms with Crippen molar-refractivity contribution in [3.63, 3.8) is 0 Å². The highest BCUT2D eigenvalue weighted by Crippen LogP contribution is 2.25. The number of piperidine rings is 1. The van der Waals surface area contributed by atoms with E-state index in [1.54, 1.807) is 0 Å². The number of rotatable bonds is 2. The lowest BCUT2D eigenvalue weighted by atomic mass is 10.0. The minimum Gasteiger partial charge on any atom is -0.444 e. The fourth-order valence-corrected chi connectivity index (χ4v) is 1.90. The van der Waals surface area contributed by atoms with Crippen molar-refractivity contribution in [2.75, 3.05) is 13.1 Å². The van der Waals surface area contributed by atoms with Crippen LogP contribution in [0.5, 0.6) is 0 Å². The number of carbonyl (C=O) groups excluding carboxylic acids is 1. The lowest BCUT2D eigenvalue weighted by Crippen LogP contribution is -2.52. The quantitative estimate of drug-likeness (QED) is 0.792. The van der Waals surface area contributed by atoms with E-state index in [9.17, 15) is 18.0 Å². The minimum absolute atomic E-state index is 0.152. The number of hydrogen-bond donors (Lipinski definition) is 1. The molecule has 1 aliphatic heterocycles. The first-order valence-electron chi connectivity index (χ1n) is 6.40. The summed E-state index contributed by atoms with van der Waals surface area (Å²) in [7, 11) is 0. The zero-order valence-corrected chi connectivity index (χ0v) is 11.5. The molecule has 19 heavy (non-hydrogen) atoms. The van der Waals surface area contributed by atoms with Gasteiger partial charge in [0.25, 0.3) is 0 Å². The first-order valence-corrected chi connectivity index (χ1v) is 6.40. The Labute approximate surface area is 111 Å². The molecule has 0 spiro atoms. The van der Waals surface area contributed by atoms with Gasteiger partial charge in [-0.2, -0.15) is 0 Å². The molecule has 1 N–H and O–H groups in total. The molecule has 0 aromatic carbocycles. The molecule has 1 heterocycles. The molecule has 1 rings (SSSR count). The number of amides is 1. The Hall–Kier alpha value is -0.980. The first-order chi connectivity index (χ1) is 8.59. The summed E-state index contributed by atoms with van der Waals surface area (Å²) in [5.74, 6) is 0. The largest absolute Gasteiger partial charge is 0.489 e. The standard InChI is InChI=1S/C12H21F3N2O2/c1-11(2,3)19-10(18)17(12(13,14)15)8-9-6-4-5-7-16-9/h9,16H,4-8H2,1-3H3/t9-/m1/s1. The van der Waals surface area contributed by atoms with E-state index in [1.807, 2.05) is 0 Å². The van der Waals surface area contributed by atoms with E-state index in [0.29, 0.717) is 13.0 Å². The van der Waals surface area contributed by atoms with E-state index in [2.05, 4.69) is 5.32 Å². The van der Waals surface area contributed by atoms with Gasteiger partial charge in [0, 0.05) is 12.6 Å². The van der Waals surface area contributed by atoms with Crippen LogP contribution in [0.3, 0.4) is 0 Å². The number of carbonyl (C=O) groups is 1. The summed E-state index contributed by atoms with van der Waals surface area (Å²) in [6.07, 6.45) is -3.60. The molecule has 1 aliphatic rings. The molecule has 0 radical (unpaired) electrons. The van der Waals surface area contributed by atoms with Crippen LogP contribution in [0.2, 0.25) is 0 Å². The van der Waals surface area contributed by atoms with Gasteiger partial charge in [0.05, 0.1) is 0 Å². The molecule has 0 saturated carbocycles. The van der Waals surface area contributed by atoms with Crippen molar-refractivity contribution in [1.29, 1.82) is 0 Å². The molecule has 1 amide bonds. The number of ether oxygens (including phenoxy) is 1. The highest BCUT2D eigenvalue weighted by molar-refractivity contribution is 5.68. The molecule has 112 valence electrons. The fraction of sp³-hybridized carbons (Fsp3) is 0.917. The van der Waals surface area contributed by atoms with Crippen molar-refractivity contribution in [3.8, 4) is 0 Å². The summed E-state index contributed by atoms with van der Waals surface area (Å²) < 4.78 is 43.5. The van der Waals surface area contributed by atoms with Gasteiger partial charge in [-0.1, -0.05) is 6.42 Å². The second kappa shape index (κ2) is 5.98. The molecule has 0 aliphatic carbocycles. The van der Waals surface area contributed by atoms with Crippen LogP contribution in [0.1, 0.15) is 40.0 Å². The van der Waals surface area contributed by atoms with Crippen LogP contribution >= 0.6 is 0 Å². The van der Waals surface area contributed by atoms with Crippen LogP contribution in [-0.2, 0) is 4.74 Å². The second-order valence-electron chi connectivity index (χ2n) is 5.71. The average Bonchev–Trinajstić information content (AvgIpc) is 2.23. The summed E-state index contributed by atoms with van der Waals surface area (Å²) in [6.45, 7) is 4.90. The maximum absolute atomic E-state index is 12.9. The molecular weight excluding hydrogens is 261 g/mol. The van der Waals surface area contributed by atoms with E-state index < -0.39 is 24.5 Å². The van der Waals surface area contributed by atoms with E-state index in [-0.39, 0.29) is 10.9 Å². The Morgan fingerprint density at radius 3 is 2.37 bits per heavy atom. The van der Waals surface area contributed by atoms with Crippen LogP contribution in [0.25, 0.3) is 0 Å². The Morgan fingerprint density at radius 1 is 1.32 bits per heavy atom. The third-order valence-corrected chi connectivity index (χ3v) is 2.74. The number of hydrogen-bond acceptors (Lipinski definition) is 3. The monoisotopic (exact) mass is 282 g/mol. The lowest BCUT2D eigenvalue weighted by molar-refractivity contribution is -0.234. The van der Waals surface area contributed by atoms with Crippen molar-refractivity contribution >= 4 is 6.09 Å². The zero-order valence-electron chi connectivity index (χ0n) is 11.5. The van der Waals surface area contributed by atoms with Crippen LogP contribution < -0.4 is 5.32 Å². The molecular formula is C12H21F3N2O2. The van der Waals surface area contributed by atoms with E-state index >= 15 is 0 Å². The Kier molecular flexibility index (Phi) is 5.06. The van der Waals surface area contributed by atoms with Gasteiger partial charge < -0.3 is 10.1 Å². The van der Waals surface area contributed by atoms with Crippen molar-refractivity contribution in [3.05, 3.63) is 0 Å². The molecule has 1 fully saturated rings. The van der Waals surface area contributed by atoms with Gasteiger partial charge >= 0.3 is 12.4 Å². The van der Waals surface area contributed by atoms with E-state index in [1.165, 1.54) is 20.8 Å². The van der Waals surface area contributed by atoms with Gasteiger partial charge in [0.2, 0.25) is 0 Å². The van der Waals surface area contributed by atoms with E-state index in [4.69, 9.17) is 4.74 Å². The molecule has 1 saturated heterocycles. The molecule has 0 aromatic rings. The average molecular weight is 282 g/mol. The Morgan fingerprint density at radius 2 is 1.95 bits per heavy atom. The maximum Gasteiger partial charge on any atom is 0.489 e. The van der Waals surface area contributed by atoms with Gasteiger partial charge in [0.1, 0.15) is 5.60 Å². The van der Waals surface area contributed by atoms with E-state index in [0.717, 1.165) is 12.8 Å². The second-order valence-corrected chi connectivity index (χ2v) is 5.71. The van der Waals surface area contributed by atoms with Crippen molar-refractivity contribution < 1.29 is 22.7 Å². The number of alkyl halides is 3. The predicted molar refractivity (Wildman–Crippen MR) is 64.6 cm³/mol. The SMILES string of the molecule is CC(C)(C)OC(=O)N(C[C@H]1CCCCN1)C(F)(F)F. The molecule has 0 aromatic heterocycles. The highest BCUT2D eigenvalue weighted by Gasteiger charge is 2.44. The normalized spacial score (nSPS) is 21.1. The number of halogens is 3. The number of nitrogens with zero attached hydrogens (tertiary/aromatic N) is 1. The van der Waals surface area contributed by atoms with Crippen molar-refractivity contribution in [1.82, 2.24) is 10.2 Å². The predicted octanol–water partition coefficient (Wildman–Crippen LogP) is 2.89. The lowest BCUT2D eigenvalue weighted by Gasteiger charge is -2.33. The van der Waals surface area contributed by atoms with Gasteiger partial charge in [-0.3, -0.25) is 0 Å². The van der Waals surface area contributed by atoms with Crippen LogP contribution in [0.15, 0.2) is 0 Å². The molecule has 1 atom stereocenters. The number of nitrogens with one attached hydrogen (secondary N) is 1. The van der Waals surface area contributed by atoms with Crippen LogP contribution in [0, 0.1) is 0 Å². The van der Waals surface area contributed by atoms with Gasteiger partial charge in [-0.25, -0.2) is 9.69 Å². The molecule has 4 nitrogen and oxygen atoms in total.